The predicted octanol–water partition coefficient (Wildman–Crippen LogP) is -1.18. The van der Waals surface area contributed by atoms with Crippen molar-refractivity contribution in [2.75, 3.05) is 26.3 Å². The lowest BCUT2D eigenvalue weighted by molar-refractivity contribution is -0.162. The van der Waals surface area contributed by atoms with Crippen molar-refractivity contribution >= 4 is 17.8 Å². The van der Waals surface area contributed by atoms with Gasteiger partial charge in [0, 0.05) is 13.1 Å². The van der Waals surface area contributed by atoms with E-state index in [1.807, 2.05) is 6.92 Å². The molecule has 1 saturated heterocycles. The smallest absolute Gasteiger partial charge is 0.394 e. The van der Waals surface area contributed by atoms with Gasteiger partial charge in [0.05, 0.1) is 13.2 Å². The van der Waals surface area contributed by atoms with Crippen LogP contribution in [0.1, 0.15) is 13.3 Å². The molecule has 1 aliphatic rings. The molecule has 0 aromatic carbocycles. The second-order valence-electron chi connectivity index (χ2n) is 3.69. The predicted molar refractivity (Wildman–Crippen MR) is 57.3 cm³/mol. The number of carboxylic acid groups (broad SMARTS) is 1. The van der Waals surface area contributed by atoms with Crippen LogP contribution in [0.3, 0.4) is 0 Å². The Morgan fingerprint density at radius 2 is 2.18 bits per heavy atom. The SMILES string of the molecule is CCCNC(=O)C1COCCN1C(=O)C(=O)O. The molecule has 1 unspecified atom stereocenters. The van der Waals surface area contributed by atoms with E-state index in [1.54, 1.807) is 0 Å². The molecule has 2 N–H and O–H groups in total. The van der Waals surface area contributed by atoms with Crippen LogP contribution in [0.4, 0.5) is 0 Å². The van der Waals surface area contributed by atoms with Gasteiger partial charge in [0.2, 0.25) is 5.91 Å². The van der Waals surface area contributed by atoms with E-state index in [9.17, 15) is 14.4 Å². The second kappa shape index (κ2) is 6.19. The lowest BCUT2D eigenvalue weighted by Crippen LogP contribution is -2.57. The highest BCUT2D eigenvalue weighted by molar-refractivity contribution is 6.31. The molecule has 0 bridgehead atoms. The van der Waals surface area contributed by atoms with Gasteiger partial charge in [-0.15, -0.1) is 0 Å². The molecule has 0 saturated carbocycles. The minimum Gasteiger partial charge on any atom is -0.474 e. The van der Waals surface area contributed by atoms with Crippen LogP contribution in [0.2, 0.25) is 0 Å². The van der Waals surface area contributed by atoms with Gasteiger partial charge in [-0.25, -0.2) is 4.79 Å². The summed E-state index contributed by atoms with van der Waals surface area (Å²) >= 11 is 0. The van der Waals surface area contributed by atoms with Gasteiger partial charge in [-0.05, 0) is 6.42 Å². The summed E-state index contributed by atoms with van der Waals surface area (Å²) in [7, 11) is 0. The second-order valence-corrected chi connectivity index (χ2v) is 3.69. The fraction of sp³-hybridized carbons (Fsp3) is 0.700. The standard InChI is InChI=1S/C10H16N2O5/c1-2-3-11-8(13)7-6-17-5-4-12(7)9(14)10(15)16/h7H,2-6H2,1H3,(H,11,13)(H,15,16). The number of nitrogens with one attached hydrogen (secondary N) is 1. The number of ether oxygens (including phenoxy) is 1. The fourth-order valence-electron chi connectivity index (χ4n) is 1.55. The molecule has 1 rings (SSSR count). The van der Waals surface area contributed by atoms with E-state index in [-0.39, 0.29) is 25.7 Å². The van der Waals surface area contributed by atoms with E-state index >= 15 is 0 Å². The van der Waals surface area contributed by atoms with Crippen molar-refractivity contribution < 1.29 is 24.2 Å². The summed E-state index contributed by atoms with van der Waals surface area (Å²) in [5, 5.41) is 11.3. The zero-order valence-corrected chi connectivity index (χ0v) is 9.64. The van der Waals surface area contributed by atoms with Crippen LogP contribution in [-0.4, -0.2) is 60.1 Å². The highest BCUT2D eigenvalue weighted by Crippen LogP contribution is 2.07. The highest BCUT2D eigenvalue weighted by atomic mass is 16.5. The minimum absolute atomic E-state index is 0.0363. The summed E-state index contributed by atoms with van der Waals surface area (Å²) in [5.41, 5.74) is 0. The third kappa shape index (κ3) is 3.42. The lowest BCUT2D eigenvalue weighted by Gasteiger charge is -2.33. The average molecular weight is 244 g/mol. The first kappa shape index (κ1) is 13.4. The van der Waals surface area contributed by atoms with Crippen LogP contribution in [0.5, 0.6) is 0 Å². The van der Waals surface area contributed by atoms with Gasteiger partial charge in [-0.3, -0.25) is 9.59 Å². The van der Waals surface area contributed by atoms with Gasteiger partial charge in [0.15, 0.2) is 0 Å². The maximum absolute atomic E-state index is 11.7. The largest absolute Gasteiger partial charge is 0.474 e. The highest BCUT2D eigenvalue weighted by Gasteiger charge is 2.35. The number of aliphatic carboxylic acids is 1. The third-order valence-corrected chi connectivity index (χ3v) is 2.42. The molecule has 0 aromatic rings. The van der Waals surface area contributed by atoms with Crippen molar-refractivity contribution in [1.29, 1.82) is 0 Å². The molecule has 1 fully saturated rings. The lowest BCUT2D eigenvalue weighted by atomic mass is 10.2. The first-order valence-electron chi connectivity index (χ1n) is 5.47. The Bertz CT molecular complexity index is 318. The van der Waals surface area contributed by atoms with Crippen molar-refractivity contribution in [1.82, 2.24) is 10.2 Å². The van der Waals surface area contributed by atoms with E-state index < -0.39 is 17.9 Å². The van der Waals surface area contributed by atoms with E-state index in [1.165, 1.54) is 0 Å². The third-order valence-electron chi connectivity index (χ3n) is 2.42. The number of rotatable bonds is 3. The summed E-state index contributed by atoms with van der Waals surface area (Å²) in [5.74, 6) is -2.99. The molecule has 1 atom stereocenters. The van der Waals surface area contributed by atoms with E-state index in [2.05, 4.69) is 5.32 Å². The van der Waals surface area contributed by atoms with Crippen LogP contribution < -0.4 is 5.32 Å². The van der Waals surface area contributed by atoms with Crippen LogP contribution in [0.15, 0.2) is 0 Å². The van der Waals surface area contributed by atoms with Crippen LogP contribution in [0.25, 0.3) is 0 Å². The van der Waals surface area contributed by atoms with E-state index in [0.717, 1.165) is 11.3 Å². The molecule has 96 valence electrons. The van der Waals surface area contributed by atoms with Crippen molar-refractivity contribution in [3.63, 3.8) is 0 Å². The quantitative estimate of drug-likeness (QED) is 0.609. The zero-order chi connectivity index (χ0) is 12.8. The number of amides is 2. The van der Waals surface area contributed by atoms with E-state index in [4.69, 9.17) is 9.84 Å². The molecular weight excluding hydrogens is 228 g/mol. The number of hydrogen-bond donors (Lipinski definition) is 2. The van der Waals surface area contributed by atoms with Gasteiger partial charge in [0.25, 0.3) is 0 Å². The Kier molecular flexibility index (Phi) is 4.89. The Hall–Kier alpha value is -1.63. The normalized spacial score (nSPS) is 19.8. The molecule has 0 aromatic heterocycles. The number of carbonyl (C=O) groups excluding carboxylic acids is 2. The fourth-order valence-corrected chi connectivity index (χ4v) is 1.55. The van der Waals surface area contributed by atoms with Gasteiger partial charge < -0.3 is 20.1 Å². The Morgan fingerprint density at radius 1 is 1.47 bits per heavy atom. The number of hydrogen-bond acceptors (Lipinski definition) is 4. The van der Waals surface area contributed by atoms with Gasteiger partial charge >= 0.3 is 11.9 Å². The van der Waals surface area contributed by atoms with Crippen molar-refractivity contribution in [2.45, 2.75) is 19.4 Å². The first-order valence-corrected chi connectivity index (χ1v) is 5.47. The summed E-state index contributed by atoms with van der Waals surface area (Å²) < 4.78 is 5.10. The van der Waals surface area contributed by atoms with E-state index in [0.29, 0.717) is 6.54 Å². The maximum atomic E-state index is 11.7. The van der Waals surface area contributed by atoms with Gasteiger partial charge in [0.1, 0.15) is 6.04 Å². The van der Waals surface area contributed by atoms with Crippen LogP contribution >= 0.6 is 0 Å². The van der Waals surface area contributed by atoms with Crippen LogP contribution in [0, 0.1) is 0 Å². The van der Waals surface area contributed by atoms with Crippen molar-refractivity contribution in [3.05, 3.63) is 0 Å². The Labute approximate surface area is 98.7 Å². The molecule has 1 heterocycles. The summed E-state index contributed by atoms with van der Waals surface area (Å²) in [6.07, 6.45) is 0.770. The van der Waals surface area contributed by atoms with Crippen LogP contribution in [-0.2, 0) is 19.1 Å². The molecule has 17 heavy (non-hydrogen) atoms. The molecule has 7 heteroatoms. The Morgan fingerprint density at radius 3 is 2.76 bits per heavy atom. The number of nitrogens with zero attached hydrogens (tertiary/aromatic N) is 1. The molecule has 0 aliphatic carbocycles. The van der Waals surface area contributed by atoms with Crippen molar-refractivity contribution in [2.24, 2.45) is 0 Å². The zero-order valence-electron chi connectivity index (χ0n) is 9.64. The molecular formula is C10H16N2O5. The van der Waals surface area contributed by atoms with Gasteiger partial charge in [-0.2, -0.15) is 0 Å². The Balaban J connectivity index is 2.68. The number of carbonyl (C=O) groups is 3. The molecule has 2 amide bonds. The molecule has 1 aliphatic heterocycles. The first-order chi connectivity index (χ1) is 8.07. The molecule has 7 nitrogen and oxygen atoms in total. The molecule has 0 radical (unpaired) electrons. The molecule has 0 spiro atoms. The monoisotopic (exact) mass is 244 g/mol. The maximum Gasteiger partial charge on any atom is 0.394 e. The summed E-state index contributed by atoms with van der Waals surface area (Å²) in [6.45, 7) is 2.79. The minimum atomic E-state index is -1.56. The summed E-state index contributed by atoms with van der Waals surface area (Å²) in [4.78, 5) is 34.7. The topological polar surface area (TPSA) is 95.9 Å². The summed E-state index contributed by atoms with van der Waals surface area (Å²) in [6, 6.07) is -0.848. The number of carboxylic acids is 1. The number of morpholine rings is 1. The average Bonchev–Trinajstić information content (AvgIpc) is 2.34. The van der Waals surface area contributed by atoms with Crippen molar-refractivity contribution in [3.8, 4) is 0 Å². The van der Waals surface area contributed by atoms with Gasteiger partial charge in [-0.1, -0.05) is 6.92 Å².